The summed E-state index contributed by atoms with van der Waals surface area (Å²) in [6.45, 7) is 7.46. The molecule has 0 amide bonds. The normalized spacial score (nSPS) is 24.3. The topological polar surface area (TPSA) is 81.7 Å². The first-order valence-corrected chi connectivity index (χ1v) is 11.3. The Balaban J connectivity index is 2.18. The number of methoxy groups -OCH3 is 1. The van der Waals surface area contributed by atoms with E-state index in [1.165, 1.54) is 7.11 Å². The number of allylic oxidation sites excluding steroid dienone is 3. The van der Waals surface area contributed by atoms with E-state index in [1.807, 2.05) is 52.0 Å². The average molecular weight is 490 g/mol. The predicted octanol–water partition coefficient (Wildman–Crippen LogP) is 4.40. The van der Waals surface area contributed by atoms with Gasteiger partial charge in [0.15, 0.2) is 5.78 Å². The van der Waals surface area contributed by atoms with Crippen LogP contribution in [0.4, 0.5) is 0 Å². The number of dihydropyridines is 1. The molecule has 1 aromatic carbocycles. The SMILES string of the molecule is CC[C@H](C)OC(=O)C1=C(C)NC2=C(C(=O)[C@H](C(=O)OC)[C@H](C)C2)[C@@H]1c1ccccc1Br. The Labute approximate surface area is 191 Å². The molecule has 2 aliphatic rings. The Bertz CT molecular complexity index is 980. The number of carbonyl (C=O) groups is 3. The summed E-state index contributed by atoms with van der Waals surface area (Å²) in [7, 11) is 1.29. The monoisotopic (exact) mass is 489 g/mol. The molecule has 6 nitrogen and oxygen atoms in total. The van der Waals surface area contributed by atoms with Gasteiger partial charge in [-0.3, -0.25) is 9.59 Å². The van der Waals surface area contributed by atoms with Crippen LogP contribution >= 0.6 is 15.9 Å². The van der Waals surface area contributed by atoms with Crippen molar-refractivity contribution in [3.05, 3.63) is 56.8 Å². The van der Waals surface area contributed by atoms with Crippen LogP contribution in [-0.4, -0.2) is 30.9 Å². The fourth-order valence-corrected chi connectivity index (χ4v) is 4.81. The number of nitrogens with one attached hydrogen (secondary N) is 1. The lowest BCUT2D eigenvalue weighted by molar-refractivity contribution is -0.151. The van der Waals surface area contributed by atoms with Crippen molar-refractivity contribution in [3.8, 4) is 0 Å². The Morgan fingerprint density at radius 1 is 1.29 bits per heavy atom. The molecule has 0 radical (unpaired) electrons. The predicted molar refractivity (Wildman–Crippen MR) is 120 cm³/mol. The number of halogens is 1. The van der Waals surface area contributed by atoms with Gasteiger partial charge in [0.25, 0.3) is 0 Å². The number of ketones is 1. The third kappa shape index (κ3) is 4.33. The van der Waals surface area contributed by atoms with Crippen molar-refractivity contribution in [3.63, 3.8) is 0 Å². The van der Waals surface area contributed by atoms with E-state index in [2.05, 4.69) is 21.2 Å². The van der Waals surface area contributed by atoms with Crippen molar-refractivity contribution in [2.45, 2.75) is 52.6 Å². The van der Waals surface area contributed by atoms with Crippen molar-refractivity contribution in [1.82, 2.24) is 5.32 Å². The largest absolute Gasteiger partial charge is 0.468 e. The Hall–Kier alpha value is -2.41. The molecule has 0 unspecified atom stereocenters. The first kappa shape index (κ1) is 23.3. The highest BCUT2D eigenvalue weighted by molar-refractivity contribution is 9.10. The van der Waals surface area contributed by atoms with Gasteiger partial charge in [0.05, 0.1) is 18.8 Å². The van der Waals surface area contributed by atoms with Gasteiger partial charge in [-0.1, -0.05) is 48.0 Å². The number of hydrogen-bond donors (Lipinski definition) is 1. The lowest BCUT2D eigenvalue weighted by Crippen LogP contribution is -2.43. The zero-order valence-electron chi connectivity index (χ0n) is 18.5. The highest BCUT2D eigenvalue weighted by Gasteiger charge is 2.47. The van der Waals surface area contributed by atoms with Gasteiger partial charge in [-0.25, -0.2) is 4.79 Å². The maximum atomic E-state index is 13.6. The molecule has 166 valence electrons. The summed E-state index contributed by atoms with van der Waals surface area (Å²) in [6, 6.07) is 7.49. The van der Waals surface area contributed by atoms with Gasteiger partial charge in [0.2, 0.25) is 0 Å². The summed E-state index contributed by atoms with van der Waals surface area (Å²) in [5.74, 6) is -3.09. The third-order valence-corrected chi connectivity index (χ3v) is 6.78. The first-order chi connectivity index (χ1) is 14.7. The fourth-order valence-electron chi connectivity index (χ4n) is 4.30. The van der Waals surface area contributed by atoms with Crippen LogP contribution < -0.4 is 5.32 Å². The highest BCUT2D eigenvalue weighted by atomic mass is 79.9. The zero-order valence-corrected chi connectivity index (χ0v) is 20.0. The van der Waals surface area contributed by atoms with Gasteiger partial charge in [-0.15, -0.1) is 0 Å². The third-order valence-electron chi connectivity index (χ3n) is 6.06. The van der Waals surface area contributed by atoms with Crippen LogP contribution in [0.3, 0.4) is 0 Å². The van der Waals surface area contributed by atoms with E-state index in [0.717, 1.165) is 15.7 Å². The molecule has 0 aromatic heterocycles. The van der Waals surface area contributed by atoms with Crippen LogP contribution in [0.1, 0.15) is 52.0 Å². The summed E-state index contributed by atoms with van der Waals surface area (Å²) in [5.41, 5.74) is 3.00. The maximum absolute atomic E-state index is 13.6. The van der Waals surface area contributed by atoms with Crippen molar-refractivity contribution in [2.75, 3.05) is 7.11 Å². The second-order valence-electron chi connectivity index (χ2n) is 8.18. The van der Waals surface area contributed by atoms with Gasteiger partial charge >= 0.3 is 11.9 Å². The standard InChI is InChI=1S/C24H28BrNO5/c1-6-13(3)31-24(29)19-14(4)26-17-11-12(2)18(23(28)30-5)22(27)21(17)20(19)15-9-7-8-10-16(15)25/h7-10,12-13,18,20,26H,6,11H2,1-5H3/t12-,13+,18-,20-/m1/s1. The number of ether oxygens (including phenoxy) is 2. The molecule has 1 heterocycles. The summed E-state index contributed by atoms with van der Waals surface area (Å²) in [4.78, 5) is 39.3. The number of Topliss-reactive ketones (excluding diaryl/α,β-unsaturated/α-hetero) is 1. The van der Waals surface area contributed by atoms with Gasteiger partial charge in [0, 0.05) is 27.4 Å². The van der Waals surface area contributed by atoms with Gasteiger partial charge in [-0.05, 0) is 44.2 Å². The van der Waals surface area contributed by atoms with Gasteiger partial charge in [0.1, 0.15) is 5.92 Å². The molecule has 0 saturated carbocycles. The molecular weight excluding hydrogens is 462 g/mol. The molecule has 0 saturated heterocycles. The van der Waals surface area contributed by atoms with Gasteiger partial charge < -0.3 is 14.8 Å². The van der Waals surface area contributed by atoms with Crippen LogP contribution in [0, 0.1) is 11.8 Å². The number of carbonyl (C=O) groups excluding carboxylic acids is 3. The van der Waals surface area contributed by atoms with E-state index in [-0.39, 0.29) is 17.8 Å². The van der Waals surface area contributed by atoms with Crippen molar-refractivity contribution >= 4 is 33.7 Å². The van der Waals surface area contributed by atoms with Crippen LogP contribution in [0.2, 0.25) is 0 Å². The van der Waals surface area contributed by atoms with Crippen molar-refractivity contribution in [1.29, 1.82) is 0 Å². The van der Waals surface area contributed by atoms with E-state index < -0.39 is 23.8 Å². The zero-order chi connectivity index (χ0) is 22.9. The maximum Gasteiger partial charge on any atom is 0.337 e. The smallest absolute Gasteiger partial charge is 0.337 e. The minimum absolute atomic E-state index is 0.215. The number of esters is 2. The molecule has 3 rings (SSSR count). The number of rotatable bonds is 5. The lowest BCUT2D eigenvalue weighted by atomic mass is 9.69. The number of benzene rings is 1. The highest BCUT2D eigenvalue weighted by Crippen LogP contribution is 2.47. The first-order valence-electron chi connectivity index (χ1n) is 10.5. The second kappa shape index (κ2) is 9.39. The van der Waals surface area contributed by atoms with E-state index in [0.29, 0.717) is 29.7 Å². The molecule has 31 heavy (non-hydrogen) atoms. The molecule has 1 aromatic rings. The van der Waals surface area contributed by atoms with Crippen LogP contribution in [-0.2, 0) is 23.9 Å². The molecule has 1 aliphatic heterocycles. The molecule has 4 atom stereocenters. The Kier molecular flexibility index (Phi) is 7.04. The quantitative estimate of drug-likeness (QED) is 0.487. The molecule has 0 spiro atoms. The van der Waals surface area contributed by atoms with Crippen LogP contribution in [0.25, 0.3) is 0 Å². The summed E-state index contributed by atoms with van der Waals surface area (Å²) in [6.07, 6.45) is 0.931. The Morgan fingerprint density at radius 2 is 1.97 bits per heavy atom. The van der Waals surface area contributed by atoms with Crippen molar-refractivity contribution < 1.29 is 23.9 Å². The summed E-state index contributed by atoms with van der Waals surface area (Å²) >= 11 is 3.58. The van der Waals surface area contributed by atoms with Crippen LogP contribution in [0.5, 0.6) is 0 Å². The molecule has 0 bridgehead atoms. The minimum atomic E-state index is -0.902. The van der Waals surface area contributed by atoms with Gasteiger partial charge in [-0.2, -0.15) is 0 Å². The molecular formula is C24H28BrNO5. The fraction of sp³-hybridized carbons (Fsp3) is 0.458. The second-order valence-corrected chi connectivity index (χ2v) is 9.04. The summed E-state index contributed by atoms with van der Waals surface area (Å²) in [5, 5.41) is 3.27. The molecule has 1 aliphatic carbocycles. The van der Waals surface area contributed by atoms with E-state index >= 15 is 0 Å². The molecule has 7 heteroatoms. The molecule has 0 fully saturated rings. The van der Waals surface area contributed by atoms with Crippen LogP contribution in [0.15, 0.2) is 51.3 Å². The summed E-state index contributed by atoms with van der Waals surface area (Å²) < 4.78 is 11.4. The average Bonchev–Trinajstić information content (AvgIpc) is 2.72. The lowest BCUT2D eigenvalue weighted by Gasteiger charge is -2.38. The number of hydrogen-bond acceptors (Lipinski definition) is 6. The minimum Gasteiger partial charge on any atom is -0.468 e. The van der Waals surface area contributed by atoms with E-state index in [4.69, 9.17) is 9.47 Å². The van der Waals surface area contributed by atoms with Crippen molar-refractivity contribution in [2.24, 2.45) is 11.8 Å². The van der Waals surface area contributed by atoms with E-state index in [9.17, 15) is 14.4 Å². The Morgan fingerprint density at radius 3 is 2.58 bits per heavy atom. The molecule has 1 N–H and O–H groups in total. The van der Waals surface area contributed by atoms with E-state index in [1.54, 1.807) is 0 Å².